The van der Waals surface area contributed by atoms with Gasteiger partial charge < -0.3 is 101 Å². The Hall–Kier alpha value is -9.99. The summed E-state index contributed by atoms with van der Waals surface area (Å²) in [6, 6.07) is -3.87. The molecule has 0 heterocycles. The van der Waals surface area contributed by atoms with E-state index in [9.17, 15) is 103 Å². The second-order valence-corrected chi connectivity index (χ2v) is 21.4. The SMILES string of the molecule is CC(C)[C@H](NC(=O)[C@H](CCC(=O)O)NC(=O)[C@H](Cc1ccc(O)cc1)NC(=O)[C@H](CC(=O)O)NC(=O)[C@@H](NC(=O)[C@H](CCC(=O)O)NC(=O)[C@@H](N)CO)C(C)C)C(=O)N[C@@H](CCC(=O)O)C(=O)N[C@@H](Cc1ccccc1)C(=O)N[C@@H](CCCN=C(N)N)C(=O)O. The zero-order valence-corrected chi connectivity index (χ0v) is 49.8. The van der Waals surface area contributed by atoms with Gasteiger partial charge in [0.1, 0.15) is 66.2 Å². The van der Waals surface area contributed by atoms with Gasteiger partial charge in [-0.05, 0) is 67.2 Å². The van der Waals surface area contributed by atoms with Crippen LogP contribution in [0, 0.1) is 11.8 Å². The highest BCUT2D eigenvalue weighted by atomic mass is 16.4. The lowest BCUT2D eigenvalue weighted by atomic mass is 9.99. The van der Waals surface area contributed by atoms with E-state index in [-0.39, 0.29) is 43.1 Å². The summed E-state index contributed by atoms with van der Waals surface area (Å²) in [4.78, 5) is 188. The van der Waals surface area contributed by atoms with Gasteiger partial charge >= 0.3 is 29.8 Å². The molecule has 34 heteroatoms. The third kappa shape index (κ3) is 28.2. The highest BCUT2D eigenvalue weighted by Crippen LogP contribution is 2.15. The summed E-state index contributed by atoms with van der Waals surface area (Å²) in [5, 5.41) is 88.7. The maximum absolute atomic E-state index is 14.4. The number of rotatable bonds is 41. The molecular weight excluding hydrogens is 1190 g/mol. The van der Waals surface area contributed by atoms with Crippen LogP contribution in [0.4, 0.5) is 0 Å². The lowest BCUT2D eigenvalue weighted by Crippen LogP contribution is -2.62. The number of aliphatic carboxylic acids is 5. The fourth-order valence-corrected chi connectivity index (χ4v) is 8.44. The van der Waals surface area contributed by atoms with Gasteiger partial charge in [0, 0.05) is 38.6 Å². The molecule has 0 saturated carbocycles. The van der Waals surface area contributed by atoms with Crippen LogP contribution in [0.5, 0.6) is 5.75 Å². The number of carboxylic acid groups (broad SMARTS) is 5. The quantitative estimate of drug-likeness (QED) is 0.0169. The van der Waals surface area contributed by atoms with E-state index in [0.29, 0.717) is 5.56 Å². The molecule has 22 N–H and O–H groups in total. The number of phenols is 1. The largest absolute Gasteiger partial charge is 0.508 e. The summed E-state index contributed by atoms with van der Waals surface area (Å²) in [7, 11) is 0. The Morgan fingerprint density at radius 2 is 0.789 bits per heavy atom. The molecule has 0 aliphatic rings. The van der Waals surface area contributed by atoms with E-state index >= 15 is 0 Å². The van der Waals surface area contributed by atoms with Crippen molar-refractivity contribution < 1.29 is 103 Å². The van der Waals surface area contributed by atoms with Crippen molar-refractivity contribution in [1.29, 1.82) is 0 Å². The standard InChI is InChI=1S/C56H81N13O21/c1-27(2)44(53(87)63-33(16-19-40(72)73)47(81)65-37(23-29-9-6-5-7-10-29)51(85)64-36(55(89)90)11-8-22-60-56(58)59)68-49(83)35(18-21-42(76)77)62-50(84)38(24-30-12-14-31(71)15-13-30)66-52(86)39(25-43(78)79)67-54(88)45(28(3)4)69-48(82)34(17-20-41(74)75)61-46(80)32(57)26-70/h5-7,9-10,12-15,27-28,32-39,44-45,70-71H,8,11,16-26,57H2,1-4H3,(H,61,80)(H,62,84)(H,63,87)(H,64,85)(H,65,81)(H,66,86)(H,67,88)(H,68,83)(H,69,82)(H,72,73)(H,74,75)(H,76,77)(H,78,79)(H,89,90)(H4,58,59,60)/t32-,33-,34-,35-,36-,37-,38-,39-,44-,45-/m0/s1. The number of aliphatic hydroxyl groups is 1. The topological polar surface area (TPSA) is 579 Å². The summed E-state index contributed by atoms with van der Waals surface area (Å²) >= 11 is 0. The Labute approximate surface area is 515 Å². The van der Waals surface area contributed by atoms with Crippen LogP contribution in [0.15, 0.2) is 59.6 Å². The van der Waals surface area contributed by atoms with Gasteiger partial charge in [-0.3, -0.25) is 67.3 Å². The van der Waals surface area contributed by atoms with Gasteiger partial charge in [-0.15, -0.1) is 0 Å². The molecule has 90 heavy (non-hydrogen) atoms. The van der Waals surface area contributed by atoms with Crippen molar-refractivity contribution in [3.8, 4) is 5.75 Å². The van der Waals surface area contributed by atoms with E-state index in [1.165, 1.54) is 52.0 Å². The summed E-state index contributed by atoms with van der Waals surface area (Å²) in [5.41, 5.74) is 16.9. The first-order valence-electron chi connectivity index (χ1n) is 28.3. The van der Waals surface area contributed by atoms with Crippen molar-refractivity contribution in [1.82, 2.24) is 47.9 Å². The van der Waals surface area contributed by atoms with Crippen molar-refractivity contribution >= 4 is 89.0 Å². The van der Waals surface area contributed by atoms with E-state index in [2.05, 4.69) is 52.8 Å². The molecule has 0 radical (unpaired) electrons. The highest BCUT2D eigenvalue weighted by molar-refractivity contribution is 5.99. The van der Waals surface area contributed by atoms with Gasteiger partial charge in [0.25, 0.3) is 0 Å². The Morgan fingerprint density at radius 3 is 1.18 bits per heavy atom. The van der Waals surface area contributed by atoms with Crippen LogP contribution in [0.25, 0.3) is 0 Å². The number of guanidine groups is 1. The van der Waals surface area contributed by atoms with Crippen LogP contribution in [-0.2, 0) is 80.0 Å². The fraction of sp³-hybridized carbons (Fsp3) is 0.518. The summed E-state index contributed by atoms with van der Waals surface area (Å²) < 4.78 is 0. The molecule has 496 valence electrons. The number of hydrogen-bond acceptors (Lipinski definition) is 18. The number of aromatic hydroxyl groups is 1. The normalized spacial score (nSPS) is 14.3. The van der Waals surface area contributed by atoms with Crippen LogP contribution in [0.3, 0.4) is 0 Å². The number of phenolic OH excluding ortho intramolecular Hbond substituents is 1. The number of carboxylic acids is 5. The van der Waals surface area contributed by atoms with Crippen molar-refractivity contribution in [2.24, 2.45) is 34.0 Å². The van der Waals surface area contributed by atoms with Crippen LogP contribution < -0.4 is 65.1 Å². The second kappa shape index (κ2) is 38.3. The lowest BCUT2D eigenvalue weighted by Gasteiger charge is -2.29. The zero-order valence-electron chi connectivity index (χ0n) is 49.8. The summed E-state index contributed by atoms with van der Waals surface area (Å²) in [5.74, 6) is -20.0. The molecule has 9 amide bonds. The average Bonchev–Trinajstić information content (AvgIpc) is 2.19. The van der Waals surface area contributed by atoms with Crippen LogP contribution >= 0.6 is 0 Å². The minimum absolute atomic E-state index is 0.0184. The summed E-state index contributed by atoms with van der Waals surface area (Å²) in [6.45, 7) is 4.87. The number of hydrogen-bond donors (Lipinski definition) is 19. The fourth-order valence-electron chi connectivity index (χ4n) is 8.44. The van der Waals surface area contributed by atoms with Crippen molar-refractivity contribution in [3.05, 3.63) is 65.7 Å². The van der Waals surface area contributed by atoms with E-state index in [4.69, 9.17) is 17.2 Å². The Kier molecular flexibility index (Phi) is 32.4. The van der Waals surface area contributed by atoms with Crippen molar-refractivity contribution in [3.63, 3.8) is 0 Å². The van der Waals surface area contributed by atoms with E-state index in [1.54, 1.807) is 30.3 Å². The number of aliphatic imine (C=N–C) groups is 1. The minimum Gasteiger partial charge on any atom is -0.508 e. The number of carbonyl (C=O) groups is 14. The Bertz CT molecular complexity index is 2870. The lowest BCUT2D eigenvalue weighted by molar-refractivity contribution is -0.142. The molecule has 2 aromatic carbocycles. The number of benzene rings is 2. The Morgan fingerprint density at radius 1 is 0.433 bits per heavy atom. The maximum atomic E-state index is 14.4. The molecule has 0 bridgehead atoms. The van der Waals surface area contributed by atoms with Crippen molar-refractivity contribution in [2.75, 3.05) is 13.2 Å². The molecule has 0 aliphatic heterocycles. The molecule has 0 fully saturated rings. The van der Waals surface area contributed by atoms with Gasteiger partial charge in [0.05, 0.1) is 13.0 Å². The number of nitrogens with two attached hydrogens (primary N) is 3. The zero-order chi connectivity index (χ0) is 67.9. The van der Waals surface area contributed by atoms with Crippen molar-refractivity contribution in [2.45, 2.75) is 159 Å². The first-order chi connectivity index (χ1) is 42.2. The van der Waals surface area contributed by atoms with Gasteiger partial charge in [-0.25, -0.2) is 4.79 Å². The summed E-state index contributed by atoms with van der Waals surface area (Å²) in [6.07, 6.45) is -5.98. The minimum atomic E-state index is -2.05. The number of nitrogens with zero attached hydrogens (tertiary/aromatic N) is 1. The van der Waals surface area contributed by atoms with Gasteiger partial charge in [-0.2, -0.15) is 0 Å². The molecule has 34 nitrogen and oxygen atoms in total. The van der Waals surface area contributed by atoms with E-state index in [0.717, 1.165) is 0 Å². The molecule has 2 rings (SSSR count). The van der Waals surface area contributed by atoms with Crippen LogP contribution in [0.2, 0.25) is 0 Å². The monoisotopic (exact) mass is 1270 g/mol. The Balaban J connectivity index is 2.55. The molecule has 10 atom stereocenters. The number of carbonyl (C=O) groups excluding carboxylic acids is 9. The van der Waals surface area contributed by atoms with Gasteiger partial charge in [-0.1, -0.05) is 70.2 Å². The number of nitrogens with one attached hydrogen (secondary N) is 9. The predicted octanol–water partition coefficient (Wildman–Crippen LogP) is -4.62. The molecule has 2 aromatic rings. The molecule has 0 aromatic heterocycles. The average molecular weight is 1270 g/mol. The molecular formula is C56H81N13O21. The third-order valence-corrected chi connectivity index (χ3v) is 13.4. The first-order valence-corrected chi connectivity index (χ1v) is 28.3. The first kappa shape index (κ1) is 76.1. The molecule has 0 spiro atoms. The second-order valence-electron chi connectivity index (χ2n) is 21.4. The molecule has 0 unspecified atom stereocenters. The van der Waals surface area contributed by atoms with Gasteiger partial charge in [0.15, 0.2) is 5.96 Å². The smallest absolute Gasteiger partial charge is 0.326 e. The highest BCUT2D eigenvalue weighted by Gasteiger charge is 2.38. The molecule has 0 saturated heterocycles. The number of aliphatic hydroxyl groups excluding tert-OH is 1. The van der Waals surface area contributed by atoms with E-state index in [1.807, 2.05) is 0 Å². The predicted molar refractivity (Wildman–Crippen MR) is 314 cm³/mol. The molecule has 0 aliphatic carbocycles. The van der Waals surface area contributed by atoms with E-state index < -0.39 is 213 Å². The maximum Gasteiger partial charge on any atom is 0.326 e. The third-order valence-electron chi connectivity index (χ3n) is 13.4. The number of amides is 9. The van der Waals surface area contributed by atoms with Crippen LogP contribution in [0.1, 0.15) is 96.6 Å². The van der Waals surface area contributed by atoms with Gasteiger partial charge in [0.2, 0.25) is 53.2 Å². The van der Waals surface area contributed by atoms with Crippen LogP contribution in [-0.4, -0.2) is 198 Å².